The Hall–Kier alpha value is -1.73. The number of benzene rings is 1. The molecule has 0 radical (unpaired) electrons. The average molecular weight is 218 g/mol. The van der Waals surface area contributed by atoms with Gasteiger partial charge in [0, 0.05) is 23.1 Å². The van der Waals surface area contributed by atoms with Gasteiger partial charge in [-0.2, -0.15) is 5.26 Å². The molecule has 0 amide bonds. The van der Waals surface area contributed by atoms with Crippen molar-refractivity contribution in [3.05, 3.63) is 23.3 Å². The van der Waals surface area contributed by atoms with E-state index in [4.69, 9.17) is 11.0 Å². The van der Waals surface area contributed by atoms with Crippen LogP contribution < -0.4 is 5.73 Å². The van der Waals surface area contributed by atoms with Crippen LogP contribution >= 0.6 is 0 Å². The summed E-state index contributed by atoms with van der Waals surface area (Å²) in [5, 5.41) is 28.1. The van der Waals surface area contributed by atoms with Crippen molar-refractivity contribution in [2.75, 3.05) is 0 Å². The molecule has 0 aromatic heterocycles. The van der Waals surface area contributed by atoms with Crippen LogP contribution in [0.3, 0.4) is 0 Å². The first-order valence-electron chi connectivity index (χ1n) is 5.23. The van der Waals surface area contributed by atoms with E-state index in [0.717, 1.165) is 12.8 Å². The topological polar surface area (TPSA) is 90.3 Å². The Labute approximate surface area is 93.9 Å². The van der Waals surface area contributed by atoms with E-state index in [1.54, 1.807) is 6.07 Å². The first-order valence-corrected chi connectivity index (χ1v) is 5.23. The van der Waals surface area contributed by atoms with E-state index in [1.165, 1.54) is 6.07 Å². The van der Waals surface area contributed by atoms with E-state index in [1.807, 2.05) is 13.0 Å². The van der Waals surface area contributed by atoms with Crippen LogP contribution in [0.25, 0.3) is 0 Å². The number of nitrogens with two attached hydrogens (primary N) is 1. The molecule has 4 N–H and O–H groups in total. The van der Waals surface area contributed by atoms with Crippen molar-refractivity contribution >= 4 is 0 Å². The van der Waals surface area contributed by atoms with Crippen molar-refractivity contribution in [1.29, 1.82) is 5.26 Å². The Morgan fingerprint density at radius 1 is 1.38 bits per heavy atom. The average Bonchev–Trinajstić information content (AvgIpc) is 2.99. The monoisotopic (exact) mass is 218 g/mol. The molecular weight excluding hydrogens is 204 g/mol. The highest BCUT2D eigenvalue weighted by atomic mass is 16.3. The molecule has 0 aliphatic heterocycles. The third kappa shape index (κ3) is 1.41. The zero-order valence-corrected chi connectivity index (χ0v) is 9.07. The lowest BCUT2D eigenvalue weighted by Gasteiger charge is -2.21. The number of aromatic hydroxyl groups is 2. The molecule has 16 heavy (non-hydrogen) atoms. The predicted molar refractivity (Wildman–Crippen MR) is 59.0 cm³/mol. The van der Waals surface area contributed by atoms with Gasteiger partial charge in [-0.15, -0.1) is 0 Å². The number of phenolic OH excluding ortho intramolecular Hbond substituents is 2. The second kappa shape index (κ2) is 3.39. The SMILES string of the molecule is CC(N)C1(c2cc(C#N)c(O)cc2O)CC1. The van der Waals surface area contributed by atoms with Crippen molar-refractivity contribution in [2.24, 2.45) is 5.73 Å². The molecule has 1 aromatic carbocycles. The summed E-state index contributed by atoms with van der Waals surface area (Å²) in [5.74, 6) is -0.171. The van der Waals surface area contributed by atoms with Crippen molar-refractivity contribution in [3.8, 4) is 17.6 Å². The van der Waals surface area contributed by atoms with Crippen LogP contribution in [0.15, 0.2) is 12.1 Å². The lowest BCUT2D eigenvalue weighted by molar-refractivity contribution is 0.431. The summed E-state index contributed by atoms with van der Waals surface area (Å²) in [6.07, 6.45) is 1.82. The standard InChI is InChI=1S/C12H14N2O2/c1-7(14)12(2-3-12)9-4-8(6-13)10(15)5-11(9)16/h4-5,7,15-16H,2-3,14H2,1H3. The van der Waals surface area contributed by atoms with Gasteiger partial charge in [-0.3, -0.25) is 0 Å². The van der Waals surface area contributed by atoms with Gasteiger partial charge in [0.15, 0.2) is 0 Å². The van der Waals surface area contributed by atoms with Gasteiger partial charge in [0.25, 0.3) is 0 Å². The first kappa shape index (κ1) is 10.8. The van der Waals surface area contributed by atoms with Crippen LogP contribution in [0.5, 0.6) is 11.5 Å². The Morgan fingerprint density at radius 3 is 2.44 bits per heavy atom. The van der Waals surface area contributed by atoms with E-state index in [-0.39, 0.29) is 28.5 Å². The summed E-state index contributed by atoms with van der Waals surface area (Å²) >= 11 is 0. The molecule has 2 rings (SSSR count). The Kier molecular flexibility index (Phi) is 2.28. The Bertz CT molecular complexity index is 471. The molecule has 1 aliphatic carbocycles. The van der Waals surface area contributed by atoms with Gasteiger partial charge in [0.2, 0.25) is 0 Å². The molecule has 0 bridgehead atoms. The van der Waals surface area contributed by atoms with E-state index in [9.17, 15) is 10.2 Å². The molecule has 84 valence electrons. The normalized spacial score (nSPS) is 18.8. The van der Waals surface area contributed by atoms with Crippen molar-refractivity contribution in [1.82, 2.24) is 0 Å². The minimum atomic E-state index is -0.219. The first-order chi connectivity index (χ1) is 7.51. The van der Waals surface area contributed by atoms with Crippen LogP contribution in [-0.4, -0.2) is 16.3 Å². The highest BCUT2D eigenvalue weighted by Crippen LogP contribution is 2.53. The summed E-state index contributed by atoms with van der Waals surface area (Å²) in [7, 11) is 0. The number of hydrogen-bond acceptors (Lipinski definition) is 4. The molecule has 0 saturated heterocycles. The quantitative estimate of drug-likeness (QED) is 0.698. The molecule has 4 heteroatoms. The minimum absolute atomic E-state index is 0.0197. The van der Waals surface area contributed by atoms with Gasteiger partial charge < -0.3 is 15.9 Å². The maximum atomic E-state index is 9.81. The van der Waals surface area contributed by atoms with Gasteiger partial charge >= 0.3 is 0 Å². The maximum Gasteiger partial charge on any atom is 0.137 e. The van der Waals surface area contributed by atoms with E-state index < -0.39 is 0 Å². The zero-order valence-electron chi connectivity index (χ0n) is 9.07. The number of rotatable bonds is 2. The lowest BCUT2D eigenvalue weighted by atomic mass is 9.87. The molecule has 4 nitrogen and oxygen atoms in total. The van der Waals surface area contributed by atoms with Crippen molar-refractivity contribution in [2.45, 2.75) is 31.2 Å². The summed E-state index contributed by atoms with van der Waals surface area (Å²) < 4.78 is 0. The highest BCUT2D eigenvalue weighted by Gasteiger charge is 2.49. The molecule has 0 spiro atoms. The zero-order chi connectivity index (χ0) is 11.9. The highest BCUT2D eigenvalue weighted by molar-refractivity contribution is 5.55. The van der Waals surface area contributed by atoms with Gasteiger partial charge in [-0.25, -0.2) is 0 Å². The molecule has 1 atom stereocenters. The van der Waals surface area contributed by atoms with Gasteiger partial charge in [0.1, 0.15) is 17.6 Å². The molecule has 1 saturated carbocycles. The fraction of sp³-hybridized carbons (Fsp3) is 0.417. The Morgan fingerprint density at radius 2 is 2.00 bits per heavy atom. The predicted octanol–water partition coefficient (Wildman–Crippen LogP) is 1.35. The fourth-order valence-electron chi connectivity index (χ4n) is 2.17. The van der Waals surface area contributed by atoms with Gasteiger partial charge in [-0.05, 0) is 25.8 Å². The van der Waals surface area contributed by atoms with Crippen LogP contribution in [0.4, 0.5) is 0 Å². The number of nitriles is 1. The fourth-order valence-corrected chi connectivity index (χ4v) is 2.17. The van der Waals surface area contributed by atoms with Gasteiger partial charge in [-0.1, -0.05) is 0 Å². The number of nitrogens with zero attached hydrogens (tertiary/aromatic N) is 1. The van der Waals surface area contributed by atoms with Crippen LogP contribution in [0.2, 0.25) is 0 Å². The second-order valence-electron chi connectivity index (χ2n) is 4.44. The molecule has 1 unspecified atom stereocenters. The third-order valence-electron chi connectivity index (χ3n) is 3.43. The van der Waals surface area contributed by atoms with Crippen LogP contribution in [-0.2, 0) is 5.41 Å². The minimum Gasteiger partial charge on any atom is -0.508 e. The summed E-state index contributed by atoms with van der Waals surface area (Å²) in [5.41, 5.74) is 6.55. The van der Waals surface area contributed by atoms with E-state index in [2.05, 4.69) is 0 Å². The molecule has 0 heterocycles. The van der Waals surface area contributed by atoms with E-state index in [0.29, 0.717) is 5.56 Å². The van der Waals surface area contributed by atoms with Crippen LogP contribution in [0, 0.1) is 11.3 Å². The summed E-state index contributed by atoms with van der Waals surface area (Å²) in [4.78, 5) is 0. The number of phenols is 2. The molecule has 1 aliphatic rings. The Balaban J connectivity index is 2.55. The van der Waals surface area contributed by atoms with Gasteiger partial charge in [0.05, 0.1) is 5.56 Å². The van der Waals surface area contributed by atoms with E-state index >= 15 is 0 Å². The maximum absolute atomic E-state index is 9.81. The largest absolute Gasteiger partial charge is 0.508 e. The summed E-state index contributed by atoms with van der Waals surface area (Å²) in [6, 6.07) is 4.59. The van der Waals surface area contributed by atoms with Crippen LogP contribution in [0.1, 0.15) is 30.9 Å². The van der Waals surface area contributed by atoms with Crippen molar-refractivity contribution < 1.29 is 10.2 Å². The molecular formula is C12H14N2O2. The second-order valence-corrected chi connectivity index (χ2v) is 4.44. The van der Waals surface area contributed by atoms with Crippen molar-refractivity contribution in [3.63, 3.8) is 0 Å². The molecule has 1 aromatic rings. The molecule has 1 fully saturated rings. The number of hydrogen-bond donors (Lipinski definition) is 3. The third-order valence-corrected chi connectivity index (χ3v) is 3.43. The smallest absolute Gasteiger partial charge is 0.137 e. The lowest BCUT2D eigenvalue weighted by Crippen LogP contribution is -2.31. The summed E-state index contributed by atoms with van der Waals surface area (Å²) in [6.45, 7) is 1.89.